The average Bonchev–Trinajstić information content (AvgIpc) is 2.47. The lowest BCUT2D eigenvalue weighted by molar-refractivity contribution is -0.140. The first-order chi connectivity index (χ1) is 5.79. The van der Waals surface area contributed by atoms with Crippen LogP contribution in [0.3, 0.4) is 0 Å². The molecule has 4 nitrogen and oxygen atoms in total. The average molecular weight is 170 g/mol. The van der Waals surface area contributed by atoms with Gasteiger partial charge in [-0.3, -0.25) is 4.79 Å². The first-order valence-corrected chi connectivity index (χ1v) is 4.48. The lowest BCUT2D eigenvalue weighted by atomic mass is 9.88. The minimum atomic E-state index is -0.703. The number of aliphatic carboxylic acids is 1. The molecule has 2 saturated heterocycles. The number of carbonyl (C=O) groups is 1. The highest BCUT2D eigenvalue weighted by Crippen LogP contribution is 2.24. The Morgan fingerprint density at radius 3 is 3.00 bits per heavy atom. The largest absolute Gasteiger partial charge is 0.480 e. The maximum atomic E-state index is 10.8. The van der Waals surface area contributed by atoms with Crippen molar-refractivity contribution in [2.45, 2.75) is 24.9 Å². The van der Waals surface area contributed by atoms with Crippen molar-refractivity contribution in [1.29, 1.82) is 0 Å². The molecular weight excluding hydrogens is 156 g/mol. The number of fused-ring (bicyclic) bond motifs is 1. The van der Waals surface area contributed by atoms with E-state index in [-0.39, 0.29) is 6.04 Å². The molecule has 3 unspecified atom stereocenters. The molecule has 0 amide bonds. The van der Waals surface area contributed by atoms with E-state index in [4.69, 9.17) is 5.11 Å². The molecule has 4 heteroatoms. The lowest BCUT2D eigenvalue weighted by Gasteiger charge is -2.27. The van der Waals surface area contributed by atoms with E-state index >= 15 is 0 Å². The molecule has 0 aromatic heterocycles. The molecule has 3 atom stereocenters. The molecule has 68 valence electrons. The topological polar surface area (TPSA) is 61.4 Å². The van der Waals surface area contributed by atoms with Gasteiger partial charge in [0, 0.05) is 18.5 Å². The van der Waals surface area contributed by atoms with Gasteiger partial charge in [0.05, 0.1) is 0 Å². The summed E-state index contributed by atoms with van der Waals surface area (Å²) in [7, 11) is 0. The van der Waals surface area contributed by atoms with Gasteiger partial charge in [-0.25, -0.2) is 0 Å². The highest BCUT2D eigenvalue weighted by Gasteiger charge is 2.40. The van der Waals surface area contributed by atoms with Crippen LogP contribution in [0, 0.1) is 5.92 Å². The molecule has 0 aromatic rings. The molecule has 0 aromatic carbocycles. The highest BCUT2D eigenvalue weighted by molar-refractivity contribution is 5.74. The Labute approximate surface area is 71.3 Å². The molecule has 2 aliphatic rings. The molecule has 3 N–H and O–H groups in total. The van der Waals surface area contributed by atoms with Crippen molar-refractivity contribution < 1.29 is 9.90 Å². The third kappa shape index (κ3) is 1.21. The van der Waals surface area contributed by atoms with Crippen molar-refractivity contribution in [3.05, 3.63) is 0 Å². The van der Waals surface area contributed by atoms with E-state index in [0.29, 0.717) is 12.0 Å². The summed E-state index contributed by atoms with van der Waals surface area (Å²) in [5.74, 6) is -0.401. The normalized spacial score (nSPS) is 40.8. The smallest absolute Gasteiger partial charge is 0.321 e. The van der Waals surface area contributed by atoms with Crippen LogP contribution in [0.25, 0.3) is 0 Å². The quantitative estimate of drug-likeness (QED) is 0.492. The van der Waals surface area contributed by atoms with Gasteiger partial charge in [-0.15, -0.1) is 0 Å². The fraction of sp³-hybridized carbons (Fsp3) is 0.875. The van der Waals surface area contributed by atoms with Crippen LogP contribution in [-0.4, -0.2) is 36.2 Å². The zero-order valence-corrected chi connectivity index (χ0v) is 6.92. The number of hydrogen-bond donors (Lipinski definition) is 3. The fourth-order valence-electron chi connectivity index (χ4n) is 2.28. The monoisotopic (exact) mass is 170 g/mol. The number of piperidine rings is 1. The van der Waals surface area contributed by atoms with Gasteiger partial charge in [0.2, 0.25) is 0 Å². The third-order valence-corrected chi connectivity index (χ3v) is 2.89. The summed E-state index contributed by atoms with van der Waals surface area (Å²) in [6.07, 6.45) is 2.15. The molecule has 2 aliphatic heterocycles. The van der Waals surface area contributed by atoms with Crippen LogP contribution in [0.5, 0.6) is 0 Å². The molecule has 0 bridgehead atoms. The predicted octanol–water partition coefficient (Wildman–Crippen LogP) is -0.589. The van der Waals surface area contributed by atoms with Gasteiger partial charge in [0.15, 0.2) is 0 Å². The maximum absolute atomic E-state index is 10.8. The maximum Gasteiger partial charge on any atom is 0.321 e. The molecule has 0 saturated carbocycles. The fourth-order valence-corrected chi connectivity index (χ4v) is 2.28. The van der Waals surface area contributed by atoms with Gasteiger partial charge in [-0.05, 0) is 19.4 Å². The van der Waals surface area contributed by atoms with Crippen LogP contribution in [0.1, 0.15) is 12.8 Å². The predicted molar refractivity (Wildman–Crippen MR) is 43.9 cm³/mol. The van der Waals surface area contributed by atoms with E-state index < -0.39 is 5.97 Å². The Balaban J connectivity index is 2.05. The molecule has 2 fully saturated rings. The number of hydrogen-bond acceptors (Lipinski definition) is 3. The van der Waals surface area contributed by atoms with Crippen molar-refractivity contribution >= 4 is 5.97 Å². The second kappa shape index (κ2) is 3.03. The molecule has 12 heavy (non-hydrogen) atoms. The second-order valence-electron chi connectivity index (χ2n) is 3.59. The molecule has 2 heterocycles. The Morgan fingerprint density at radius 1 is 1.42 bits per heavy atom. The van der Waals surface area contributed by atoms with E-state index in [1.807, 2.05) is 0 Å². The van der Waals surface area contributed by atoms with Crippen LogP contribution in [-0.2, 0) is 4.79 Å². The summed E-state index contributed by atoms with van der Waals surface area (Å²) < 4.78 is 0. The van der Waals surface area contributed by atoms with E-state index in [9.17, 15) is 4.79 Å². The Hall–Kier alpha value is -0.610. The first-order valence-electron chi connectivity index (χ1n) is 4.48. The van der Waals surface area contributed by atoms with Crippen molar-refractivity contribution in [1.82, 2.24) is 10.6 Å². The Morgan fingerprint density at radius 2 is 2.25 bits per heavy atom. The van der Waals surface area contributed by atoms with E-state index in [0.717, 1.165) is 25.9 Å². The summed E-state index contributed by atoms with van der Waals surface area (Å²) >= 11 is 0. The summed E-state index contributed by atoms with van der Waals surface area (Å²) in [4.78, 5) is 10.8. The van der Waals surface area contributed by atoms with Crippen molar-refractivity contribution in [2.24, 2.45) is 5.92 Å². The summed E-state index contributed by atoms with van der Waals surface area (Å²) in [5.41, 5.74) is 0. The number of rotatable bonds is 1. The minimum absolute atomic E-state index is 0.302. The number of nitrogens with one attached hydrogen (secondary N) is 2. The number of carboxylic acid groups (broad SMARTS) is 1. The zero-order valence-electron chi connectivity index (χ0n) is 6.92. The summed E-state index contributed by atoms with van der Waals surface area (Å²) in [6.45, 7) is 1.84. The van der Waals surface area contributed by atoms with Gasteiger partial charge in [-0.1, -0.05) is 0 Å². The van der Waals surface area contributed by atoms with E-state index in [1.54, 1.807) is 0 Å². The molecule has 0 radical (unpaired) electrons. The standard InChI is InChI=1S/C8H14N2O2/c11-8(12)7-5-2-1-3-9-6(5)4-10-7/h5-7,9-10H,1-4H2,(H,11,12). The second-order valence-corrected chi connectivity index (χ2v) is 3.59. The zero-order chi connectivity index (χ0) is 8.55. The Kier molecular flexibility index (Phi) is 2.02. The van der Waals surface area contributed by atoms with Crippen LogP contribution in [0.2, 0.25) is 0 Å². The van der Waals surface area contributed by atoms with Gasteiger partial charge < -0.3 is 15.7 Å². The molecule has 2 rings (SSSR count). The third-order valence-electron chi connectivity index (χ3n) is 2.89. The van der Waals surface area contributed by atoms with Gasteiger partial charge in [-0.2, -0.15) is 0 Å². The summed E-state index contributed by atoms with van der Waals surface area (Å²) in [5, 5.41) is 15.2. The van der Waals surface area contributed by atoms with Crippen LogP contribution < -0.4 is 10.6 Å². The Bertz CT molecular complexity index is 195. The van der Waals surface area contributed by atoms with Gasteiger partial charge in [0.25, 0.3) is 0 Å². The van der Waals surface area contributed by atoms with Crippen molar-refractivity contribution in [3.63, 3.8) is 0 Å². The SMILES string of the molecule is O=C(O)C1NCC2NCCCC21. The molecule has 0 aliphatic carbocycles. The van der Waals surface area contributed by atoms with Crippen LogP contribution in [0.4, 0.5) is 0 Å². The molecular formula is C8H14N2O2. The van der Waals surface area contributed by atoms with E-state index in [2.05, 4.69) is 10.6 Å². The first kappa shape index (κ1) is 8.01. The van der Waals surface area contributed by atoms with Crippen LogP contribution in [0.15, 0.2) is 0 Å². The minimum Gasteiger partial charge on any atom is -0.480 e. The highest BCUT2D eigenvalue weighted by atomic mass is 16.4. The molecule has 0 spiro atoms. The van der Waals surface area contributed by atoms with Crippen molar-refractivity contribution in [3.8, 4) is 0 Å². The number of carboxylic acids is 1. The lowest BCUT2D eigenvalue weighted by Crippen LogP contribution is -2.43. The van der Waals surface area contributed by atoms with E-state index in [1.165, 1.54) is 0 Å². The van der Waals surface area contributed by atoms with Crippen molar-refractivity contribution in [2.75, 3.05) is 13.1 Å². The van der Waals surface area contributed by atoms with Gasteiger partial charge >= 0.3 is 5.97 Å². The summed E-state index contributed by atoms with van der Waals surface area (Å²) in [6, 6.07) is 0.0719. The van der Waals surface area contributed by atoms with Gasteiger partial charge in [0.1, 0.15) is 6.04 Å². The van der Waals surface area contributed by atoms with Crippen LogP contribution >= 0.6 is 0 Å².